The molecule has 2 heterocycles. The van der Waals surface area contributed by atoms with Crippen molar-refractivity contribution in [3.63, 3.8) is 0 Å². The maximum atomic E-state index is 10.5. The van der Waals surface area contributed by atoms with Crippen molar-refractivity contribution in [3.05, 3.63) is 23.1 Å². The number of aromatic nitrogens is 4. The lowest BCUT2D eigenvalue weighted by atomic mass is 10.1. The third kappa shape index (κ3) is 1.61. The summed E-state index contributed by atoms with van der Waals surface area (Å²) in [5.41, 5.74) is 10.0. The molecule has 2 aliphatic carbocycles. The standard InChI is InChI=1S/C12H14N8O/c1-14-11-8-12(16-3-15-11)20(4-17-8)9-6-2-5(6)7(10(9)21)18-19-13/h3-7,9-10,21H,2H2,1H3,(H,14,15,16)/t5-,6+,7+,9+,10+/m0/s1. The highest BCUT2D eigenvalue weighted by Crippen LogP contribution is 2.59. The first-order chi connectivity index (χ1) is 10.3. The molecule has 2 fully saturated rings. The van der Waals surface area contributed by atoms with Gasteiger partial charge in [-0.1, -0.05) is 5.11 Å². The van der Waals surface area contributed by atoms with Gasteiger partial charge >= 0.3 is 0 Å². The molecule has 0 amide bonds. The van der Waals surface area contributed by atoms with Crippen molar-refractivity contribution in [1.29, 1.82) is 0 Å². The van der Waals surface area contributed by atoms with Crippen LogP contribution in [0.15, 0.2) is 17.8 Å². The molecule has 2 aromatic heterocycles. The number of fused-ring (bicyclic) bond motifs is 2. The van der Waals surface area contributed by atoms with Crippen LogP contribution in [0.3, 0.4) is 0 Å². The number of hydrogen-bond donors (Lipinski definition) is 2. The maximum Gasteiger partial charge on any atom is 0.165 e. The van der Waals surface area contributed by atoms with E-state index >= 15 is 0 Å². The minimum Gasteiger partial charge on any atom is -0.391 e. The fraction of sp³-hybridized carbons (Fsp3) is 0.583. The number of aliphatic hydroxyl groups excluding tert-OH is 1. The fourth-order valence-corrected chi connectivity index (χ4v) is 3.57. The van der Waals surface area contributed by atoms with Crippen molar-refractivity contribution >= 4 is 17.0 Å². The molecule has 4 rings (SSSR count). The number of nitrogens with one attached hydrogen (secondary N) is 1. The van der Waals surface area contributed by atoms with Gasteiger partial charge in [-0.2, -0.15) is 0 Å². The topological polar surface area (TPSA) is 125 Å². The van der Waals surface area contributed by atoms with Crippen LogP contribution in [0.2, 0.25) is 0 Å². The highest BCUT2D eigenvalue weighted by molar-refractivity contribution is 5.82. The molecule has 2 saturated carbocycles. The average molecular weight is 286 g/mol. The van der Waals surface area contributed by atoms with E-state index in [2.05, 4.69) is 30.3 Å². The monoisotopic (exact) mass is 286 g/mol. The van der Waals surface area contributed by atoms with Crippen LogP contribution in [0.4, 0.5) is 5.82 Å². The zero-order chi connectivity index (χ0) is 14.6. The van der Waals surface area contributed by atoms with E-state index in [0.29, 0.717) is 22.9 Å². The zero-order valence-corrected chi connectivity index (χ0v) is 11.3. The van der Waals surface area contributed by atoms with Crippen LogP contribution in [0.25, 0.3) is 21.6 Å². The van der Waals surface area contributed by atoms with Gasteiger partial charge in [-0.3, -0.25) is 0 Å². The van der Waals surface area contributed by atoms with Gasteiger partial charge in [0.15, 0.2) is 11.5 Å². The fourth-order valence-electron chi connectivity index (χ4n) is 3.57. The lowest BCUT2D eigenvalue weighted by molar-refractivity contribution is 0.104. The van der Waals surface area contributed by atoms with Gasteiger partial charge in [-0.15, -0.1) is 0 Å². The molecule has 21 heavy (non-hydrogen) atoms. The van der Waals surface area contributed by atoms with E-state index in [1.807, 2.05) is 4.57 Å². The first kappa shape index (κ1) is 12.4. The van der Waals surface area contributed by atoms with E-state index in [1.54, 1.807) is 13.4 Å². The van der Waals surface area contributed by atoms with Gasteiger partial charge in [0.25, 0.3) is 0 Å². The Balaban J connectivity index is 1.80. The van der Waals surface area contributed by atoms with E-state index in [-0.39, 0.29) is 18.0 Å². The second-order valence-corrected chi connectivity index (χ2v) is 5.54. The van der Waals surface area contributed by atoms with Crippen molar-refractivity contribution in [2.24, 2.45) is 17.0 Å². The van der Waals surface area contributed by atoms with Crippen molar-refractivity contribution in [2.45, 2.75) is 24.6 Å². The third-order valence-corrected chi connectivity index (χ3v) is 4.57. The van der Waals surface area contributed by atoms with E-state index in [9.17, 15) is 5.11 Å². The van der Waals surface area contributed by atoms with Gasteiger partial charge in [-0.25, -0.2) is 15.0 Å². The normalized spacial score (nSPS) is 33.5. The minimum atomic E-state index is -0.699. The van der Waals surface area contributed by atoms with Gasteiger partial charge < -0.3 is 15.0 Å². The van der Waals surface area contributed by atoms with Crippen LogP contribution in [0.5, 0.6) is 0 Å². The summed E-state index contributed by atoms with van der Waals surface area (Å²) in [5, 5.41) is 17.2. The molecule has 9 heteroatoms. The molecular formula is C12H14N8O. The smallest absolute Gasteiger partial charge is 0.165 e. The second-order valence-electron chi connectivity index (χ2n) is 5.54. The summed E-state index contributed by atoms with van der Waals surface area (Å²) in [6, 6.07) is -0.497. The largest absolute Gasteiger partial charge is 0.391 e. The molecule has 0 bridgehead atoms. The molecule has 2 aliphatic rings. The number of anilines is 1. The number of imidazole rings is 1. The Morgan fingerprint density at radius 1 is 1.43 bits per heavy atom. The molecule has 0 saturated heterocycles. The van der Waals surface area contributed by atoms with E-state index in [4.69, 9.17) is 5.53 Å². The molecule has 9 nitrogen and oxygen atoms in total. The van der Waals surface area contributed by atoms with Crippen LogP contribution in [-0.2, 0) is 0 Å². The molecule has 2 N–H and O–H groups in total. The number of hydrogen-bond acceptors (Lipinski definition) is 6. The summed E-state index contributed by atoms with van der Waals surface area (Å²) in [5.74, 6) is 1.25. The molecule has 2 aromatic rings. The van der Waals surface area contributed by atoms with E-state index in [0.717, 1.165) is 6.42 Å². The number of aliphatic hydroxyl groups is 1. The van der Waals surface area contributed by atoms with Crippen molar-refractivity contribution in [2.75, 3.05) is 12.4 Å². The van der Waals surface area contributed by atoms with Gasteiger partial charge in [0.1, 0.15) is 11.8 Å². The summed E-state index contributed by atoms with van der Waals surface area (Å²) in [4.78, 5) is 15.6. The van der Waals surface area contributed by atoms with Gasteiger partial charge in [0, 0.05) is 12.0 Å². The highest BCUT2D eigenvalue weighted by Gasteiger charge is 2.60. The van der Waals surface area contributed by atoms with Crippen molar-refractivity contribution < 1.29 is 5.11 Å². The summed E-state index contributed by atoms with van der Waals surface area (Å²) < 4.78 is 1.89. The van der Waals surface area contributed by atoms with Crippen LogP contribution in [0, 0.1) is 11.8 Å². The zero-order valence-electron chi connectivity index (χ0n) is 11.3. The Kier molecular flexibility index (Phi) is 2.54. The van der Waals surface area contributed by atoms with E-state index < -0.39 is 6.10 Å². The predicted octanol–water partition coefficient (Wildman–Crippen LogP) is 1.10. The molecule has 0 spiro atoms. The van der Waals surface area contributed by atoms with E-state index in [1.165, 1.54) is 6.33 Å². The van der Waals surface area contributed by atoms with Crippen LogP contribution >= 0.6 is 0 Å². The number of rotatable bonds is 3. The highest BCUT2D eigenvalue weighted by atomic mass is 16.3. The SMILES string of the molecule is CNc1ncnc2c1ncn2[C@H]1[C@H](O)[C@H](N=[N+]=[N-])[C@H]2C[C@H]21. The Labute approximate surface area is 119 Å². The molecule has 0 aromatic carbocycles. The van der Waals surface area contributed by atoms with Gasteiger partial charge in [0.05, 0.1) is 24.5 Å². The quantitative estimate of drug-likeness (QED) is 0.496. The second kappa shape index (κ2) is 4.31. The minimum absolute atomic E-state index is 0.143. The van der Waals surface area contributed by atoms with Crippen LogP contribution < -0.4 is 5.32 Å². The lowest BCUT2D eigenvalue weighted by Crippen LogP contribution is -2.30. The maximum absolute atomic E-state index is 10.5. The molecular weight excluding hydrogens is 272 g/mol. The molecule has 108 valence electrons. The molecule has 0 aliphatic heterocycles. The summed E-state index contributed by atoms with van der Waals surface area (Å²) in [7, 11) is 1.78. The Morgan fingerprint density at radius 2 is 2.29 bits per heavy atom. The predicted molar refractivity (Wildman–Crippen MR) is 74.4 cm³/mol. The van der Waals surface area contributed by atoms with Crippen molar-refractivity contribution in [1.82, 2.24) is 19.5 Å². The van der Waals surface area contributed by atoms with Crippen LogP contribution in [-0.4, -0.2) is 43.8 Å². The first-order valence-electron chi connectivity index (χ1n) is 6.83. The molecule has 5 atom stereocenters. The number of nitrogens with zero attached hydrogens (tertiary/aromatic N) is 7. The average Bonchev–Trinajstić information content (AvgIpc) is 3.07. The lowest BCUT2D eigenvalue weighted by Gasteiger charge is -2.22. The van der Waals surface area contributed by atoms with Gasteiger partial charge in [0.2, 0.25) is 0 Å². The van der Waals surface area contributed by atoms with Crippen molar-refractivity contribution in [3.8, 4) is 0 Å². The summed E-state index contributed by atoms with van der Waals surface area (Å²) >= 11 is 0. The third-order valence-electron chi connectivity index (χ3n) is 4.57. The molecule has 0 unspecified atom stereocenters. The van der Waals surface area contributed by atoms with Gasteiger partial charge in [-0.05, 0) is 23.8 Å². The molecule has 0 radical (unpaired) electrons. The Bertz CT molecular complexity index is 751. The van der Waals surface area contributed by atoms with Crippen LogP contribution in [0.1, 0.15) is 12.5 Å². The Hall–Kier alpha value is -2.38. The summed E-state index contributed by atoms with van der Waals surface area (Å²) in [6.07, 6.45) is 3.43. The Morgan fingerprint density at radius 3 is 3.05 bits per heavy atom. The summed E-state index contributed by atoms with van der Waals surface area (Å²) in [6.45, 7) is 0. The first-order valence-corrected chi connectivity index (χ1v) is 6.83. The number of azide groups is 1.